The summed E-state index contributed by atoms with van der Waals surface area (Å²) in [7, 11) is 1.68. The number of hydrogen-bond acceptors (Lipinski definition) is 4. The smallest absolute Gasteiger partial charge is 0.100 e. The van der Waals surface area contributed by atoms with E-state index in [0.29, 0.717) is 19.1 Å². The second kappa shape index (κ2) is 5.28. The first kappa shape index (κ1) is 12.1. The van der Waals surface area contributed by atoms with Crippen molar-refractivity contribution in [3.8, 4) is 6.07 Å². The molecule has 1 fully saturated rings. The van der Waals surface area contributed by atoms with Crippen molar-refractivity contribution in [1.82, 2.24) is 15.0 Å². The molecule has 0 spiro atoms. The Hall–Kier alpha value is -1.41. The molecule has 1 aromatic rings. The van der Waals surface area contributed by atoms with Crippen molar-refractivity contribution in [2.45, 2.75) is 38.6 Å². The lowest BCUT2D eigenvalue weighted by Crippen LogP contribution is -2.14. The molecule has 5 heteroatoms. The summed E-state index contributed by atoms with van der Waals surface area (Å²) in [5.74, 6) is 0.730. The van der Waals surface area contributed by atoms with Crippen LogP contribution in [0.3, 0.4) is 0 Å². The molecule has 0 N–H and O–H groups in total. The van der Waals surface area contributed by atoms with E-state index in [0.717, 1.165) is 23.7 Å². The first-order valence-corrected chi connectivity index (χ1v) is 6.06. The summed E-state index contributed by atoms with van der Waals surface area (Å²) in [6, 6.07) is 2.53. The lowest BCUT2D eigenvalue weighted by molar-refractivity contribution is 0.199. The van der Waals surface area contributed by atoms with E-state index in [1.807, 2.05) is 4.68 Å². The van der Waals surface area contributed by atoms with Crippen LogP contribution >= 0.6 is 0 Å². The van der Waals surface area contributed by atoms with Gasteiger partial charge in [-0.15, -0.1) is 5.10 Å². The van der Waals surface area contributed by atoms with E-state index < -0.39 is 0 Å². The third-order valence-corrected chi connectivity index (χ3v) is 3.35. The van der Waals surface area contributed by atoms with Crippen LogP contribution in [0.1, 0.15) is 37.2 Å². The Balaban J connectivity index is 2.20. The van der Waals surface area contributed by atoms with E-state index in [9.17, 15) is 0 Å². The first-order valence-electron chi connectivity index (χ1n) is 6.06. The molecule has 92 valence electrons. The van der Waals surface area contributed by atoms with Gasteiger partial charge in [0, 0.05) is 13.5 Å². The molecule has 17 heavy (non-hydrogen) atoms. The van der Waals surface area contributed by atoms with Crippen LogP contribution in [0, 0.1) is 17.2 Å². The molecule has 1 atom stereocenters. The van der Waals surface area contributed by atoms with Gasteiger partial charge in [-0.25, -0.2) is 4.68 Å². The maximum atomic E-state index is 8.78. The van der Waals surface area contributed by atoms with Gasteiger partial charge in [-0.05, 0) is 25.7 Å². The van der Waals surface area contributed by atoms with Crippen LogP contribution in [0.2, 0.25) is 0 Å². The highest BCUT2D eigenvalue weighted by Gasteiger charge is 2.31. The minimum Gasteiger partial charge on any atom is -0.384 e. The monoisotopic (exact) mass is 234 g/mol. The van der Waals surface area contributed by atoms with Gasteiger partial charge in [0.2, 0.25) is 0 Å². The molecule has 1 aromatic heterocycles. The summed E-state index contributed by atoms with van der Waals surface area (Å²) >= 11 is 0. The van der Waals surface area contributed by atoms with Crippen molar-refractivity contribution >= 4 is 0 Å². The molecule has 1 unspecified atom stereocenters. The summed E-state index contributed by atoms with van der Waals surface area (Å²) in [6.07, 6.45) is 3.66. The molecule has 1 aliphatic carbocycles. The molecule has 1 aliphatic rings. The summed E-state index contributed by atoms with van der Waals surface area (Å²) < 4.78 is 7.10. The fourth-order valence-electron chi connectivity index (χ4n) is 2.12. The lowest BCUT2D eigenvalue weighted by atomic mass is 10.1. The van der Waals surface area contributed by atoms with E-state index in [2.05, 4.69) is 23.3 Å². The number of aromatic nitrogens is 3. The van der Waals surface area contributed by atoms with Crippen molar-refractivity contribution in [3.63, 3.8) is 0 Å². The molecular formula is C12H18N4O. The predicted octanol–water partition coefficient (Wildman–Crippen LogP) is 1.50. The largest absolute Gasteiger partial charge is 0.384 e. The fourth-order valence-corrected chi connectivity index (χ4v) is 2.12. The topological polar surface area (TPSA) is 63.7 Å². The molecule has 0 aliphatic heterocycles. The molecular weight excluding hydrogens is 216 g/mol. The quantitative estimate of drug-likeness (QED) is 0.748. The average molecular weight is 234 g/mol. The van der Waals surface area contributed by atoms with Crippen LogP contribution in [0.5, 0.6) is 0 Å². The van der Waals surface area contributed by atoms with Gasteiger partial charge in [0.1, 0.15) is 5.69 Å². The Kier molecular flexibility index (Phi) is 3.75. The van der Waals surface area contributed by atoms with E-state index in [4.69, 9.17) is 10.00 Å². The Morgan fingerprint density at radius 2 is 2.35 bits per heavy atom. The Morgan fingerprint density at radius 3 is 2.94 bits per heavy atom. The number of methoxy groups -OCH3 is 1. The van der Waals surface area contributed by atoms with Crippen LogP contribution < -0.4 is 0 Å². The van der Waals surface area contributed by atoms with Crippen molar-refractivity contribution in [2.75, 3.05) is 13.7 Å². The minimum atomic E-state index is 0.330. The Morgan fingerprint density at radius 1 is 1.59 bits per heavy atom. The zero-order chi connectivity index (χ0) is 12.3. The Bertz CT molecular complexity index is 417. The van der Waals surface area contributed by atoms with Crippen molar-refractivity contribution < 1.29 is 4.74 Å². The van der Waals surface area contributed by atoms with Gasteiger partial charge in [-0.3, -0.25) is 0 Å². The maximum Gasteiger partial charge on any atom is 0.100 e. The highest BCUT2D eigenvalue weighted by Crippen LogP contribution is 2.39. The van der Waals surface area contributed by atoms with Crippen LogP contribution in [0.4, 0.5) is 0 Å². The van der Waals surface area contributed by atoms with Crippen molar-refractivity contribution in [2.24, 2.45) is 5.92 Å². The maximum absolute atomic E-state index is 8.78. The molecule has 0 bridgehead atoms. The number of nitriles is 1. The Labute approximate surface area is 101 Å². The molecule has 5 nitrogen and oxygen atoms in total. The van der Waals surface area contributed by atoms with Gasteiger partial charge >= 0.3 is 0 Å². The van der Waals surface area contributed by atoms with Crippen molar-refractivity contribution in [3.05, 3.63) is 11.4 Å². The SMILES string of the molecule is COCCc1c(CC#N)nnn1C(C)C1CC1. The second-order valence-corrected chi connectivity index (χ2v) is 4.58. The van der Waals surface area contributed by atoms with E-state index in [1.54, 1.807) is 7.11 Å². The van der Waals surface area contributed by atoms with Gasteiger partial charge in [-0.1, -0.05) is 5.21 Å². The minimum absolute atomic E-state index is 0.330. The highest BCUT2D eigenvalue weighted by molar-refractivity contribution is 5.15. The van der Waals surface area contributed by atoms with Crippen LogP contribution in [0.25, 0.3) is 0 Å². The lowest BCUT2D eigenvalue weighted by Gasteiger charge is -2.14. The number of rotatable bonds is 6. The number of hydrogen-bond donors (Lipinski definition) is 0. The fraction of sp³-hybridized carbons (Fsp3) is 0.750. The highest BCUT2D eigenvalue weighted by atomic mass is 16.5. The van der Waals surface area contributed by atoms with Gasteiger partial charge < -0.3 is 4.74 Å². The van der Waals surface area contributed by atoms with Crippen LogP contribution in [-0.4, -0.2) is 28.7 Å². The summed E-state index contributed by atoms with van der Waals surface area (Å²) in [6.45, 7) is 2.82. The molecule has 2 rings (SSSR count). The summed E-state index contributed by atoms with van der Waals surface area (Å²) in [4.78, 5) is 0. The summed E-state index contributed by atoms with van der Waals surface area (Å²) in [5.41, 5.74) is 1.87. The van der Waals surface area contributed by atoms with E-state index in [-0.39, 0.29) is 0 Å². The number of ether oxygens (including phenoxy) is 1. The zero-order valence-electron chi connectivity index (χ0n) is 10.4. The third kappa shape index (κ3) is 2.64. The van der Waals surface area contributed by atoms with Gasteiger partial charge in [-0.2, -0.15) is 5.26 Å². The predicted molar refractivity (Wildman–Crippen MR) is 62.4 cm³/mol. The van der Waals surface area contributed by atoms with E-state index >= 15 is 0 Å². The molecule has 0 aromatic carbocycles. The molecule has 1 saturated carbocycles. The van der Waals surface area contributed by atoms with Gasteiger partial charge in [0.25, 0.3) is 0 Å². The molecule has 0 radical (unpaired) electrons. The second-order valence-electron chi connectivity index (χ2n) is 4.58. The summed E-state index contributed by atoms with van der Waals surface area (Å²) in [5, 5.41) is 17.1. The number of nitrogens with zero attached hydrogens (tertiary/aromatic N) is 4. The van der Waals surface area contributed by atoms with Gasteiger partial charge in [0.05, 0.1) is 30.8 Å². The molecule has 1 heterocycles. The standard InChI is InChI=1S/C12H18N4O/c1-9(10-3-4-10)16-12(6-8-17-2)11(5-7-13)14-15-16/h9-10H,3-6,8H2,1-2H3. The first-order chi connectivity index (χ1) is 8.27. The normalized spacial score (nSPS) is 16.8. The van der Waals surface area contributed by atoms with Crippen LogP contribution in [0.15, 0.2) is 0 Å². The average Bonchev–Trinajstić information content (AvgIpc) is 3.10. The third-order valence-electron chi connectivity index (χ3n) is 3.35. The zero-order valence-corrected chi connectivity index (χ0v) is 10.4. The van der Waals surface area contributed by atoms with Crippen LogP contribution in [-0.2, 0) is 17.6 Å². The van der Waals surface area contributed by atoms with Gasteiger partial charge in [0.15, 0.2) is 0 Å². The van der Waals surface area contributed by atoms with Crippen molar-refractivity contribution in [1.29, 1.82) is 5.26 Å². The van der Waals surface area contributed by atoms with E-state index in [1.165, 1.54) is 12.8 Å². The molecule has 0 amide bonds. The molecule has 0 saturated heterocycles.